The number of carbonyl (C=O) groups excluding carboxylic acids is 1. The lowest BCUT2D eigenvalue weighted by Crippen LogP contribution is -2.48. The van der Waals surface area contributed by atoms with Gasteiger partial charge in [0, 0.05) is 51.2 Å². The van der Waals surface area contributed by atoms with Gasteiger partial charge in [0.25, 0.3) is 5.91 Å². The Morgan fingerprint density at radius 3 is 2.52 bits per heavy atom. The van der Waals surface area contributed by atoms with Gasteiger partial charge in [-0.15, -0.1) is 0 Å². The summed E-state index contributed by atoms with van der Waals surface area (Å²) in [5.41, 5.74) is 1.67. The van der Waals surface area contributed by atoms with Gasteiger partial charge in [-0.05, 0) is 32.0 Å². The maximum Gasteiger partial charge on any atom is 0.255 e. The largest absolute Gasteiger partial charge is 0.475 e. The van der Waals surface area contributed by atoms with E-state index in [1.807, 2.05) is 43.1 Å². The fourth-order valence-electron chi connectivity index (χ4n) is 2.83. The van der Waals surface area contributed by atoms with Crippen LogP contribution in [0.2, 0.25) is 0 Å². The number of aromatic nitrogens is 2. The first kappa shape index (κ1) is 17.4. The van der Waals surface area contributed by atoms with Crippen LogP contribution in [-0.2, 0) is 6.54 Å². The number of rotatable bonds is 5. The number of hydrogen-bond acceptors (Lipinski definition) is 5. The summed E-state index contributed by atoms with van der Waals surface area (Å²) in [4.78, 5) is 25.4. The van der Waals surface area contributed by atoms with Gasteiger partial charge < -0.3 is 9.64 Å². The first-order chi connectivity index (χ1) is 12.1. The Morgan fingerprint density at radius 1 is 1.12 bits per heavy atom. The van der Waals surface area contributed by atoms with Crippen molar-refractivity contribution >= 4 is 5.91 Å². The molecule has 0 N–H and O–H groups in total. The van der Waals surface area contributed by atoms with Crippen molar-refractivity contribution < 1.29 is 9.53 Å². The quantitative estimate of drug-likeness (QED) is 0.835. The summed E-state index contributed by atoms with van der Waals surface area (Å²) in [6, 6.07) is 9.50. The van der Waals surface area contributed by atoms with E-state index in [-0.39, 0.29) is 12.0 Å². The summed E-state index contributed by atoms with van der Waals surface area (Å²) < 4.78 is 5.52. The normalized spacial score (nSPS) is 15.4. The third-order valence-corrected chi connectivity index (χ3v) is 4.11. The molecule has 0 atom stereocenters. The van der Waals surface area contributed by atoms with Crippen LogP contribution in [0.15, 0.2) is 42.7 Å². The lowest BCUT2D eigenvalue weighted by atomic mass is 10.2. The van der Waals surface area contributed by atoms with E-state index in [1.54, 1.807) is 18.3 Å². The van der Waals surface area contributed by atoms with Crippen LogP contribution in [0.4, 0.5) is 0 Å². The van der Waals surface area contributed by atoms with Crippen molar-refractivity contribution in [2.45, 2.75) is 26.5 Å². The fourth-order valence-corrected chi connectivity index (χ4v) is 2.83. The highest BCUT2D eigenvalue weighted by Crippen LogP contribution is 2.13. The SMILES string of the molecule is CC(C)Oc1ccc(C(=O)N2CCN(Cc3ccccn3)CC2)cn1. The molecule has 2 aromatic rings. The van der Waals surface area contributed by atoms with E-state index in [4.69, 9.17) is 4.74 Å². The number of pyridine rings is 2. The number of piperazine rings is 1. The minimum atomic E-state index is 0.0288. The van der Waals surface area contributed by atoms with Gasteiger partial charge in [0.2, 0.25) is 5.88 Å². The van der Waals surface area contributed by atoms with Gasteiger partial charge in [-0.25, -0.2) is 4.98 Å². The third-order valence-electron chi connectivity index (χ3n) is 4.11. The van der Waals surface area contributed by atoms with Gasteiger partial charge in [0.1, 0.15) is 0 Å². The summed E-state index contributed by atoms with van der Waals surface area (Å²) >= 11 is 0. The number of ether oxygens (including phenoxy) is 1. The zero-order valence-corrected chi connectivity index (χ0v) is 14.8. The van der Waals surface area contributed by atoms with Gasteiger partial charge in [0.05, 0.1) is 17.4 Å². The molecule has 0 bridgehead atoms. The molecule has 3 rings (SSSR count). The van der Waals surface area contributed by atoms with E-state index < -0.39 is 0 Å². The molecule has 132 valence electrons. The molecule has 1 saturated heterocycles. The molecule has 25 heavy (non-hydrogen) atoms. The molecule has 1 aliphatic rings. The number of carbonyl (C=O) groups is 1. The molecule has 1 amide bonds. The van der Waals surface area contributed by atoms with E-state index in [9.17, 15) is 4.79 Å². The lowest BCUT2D eigenvalue weighted by molar-refractivity contribution is 0.0626. The van der Waals surface area contributed by atoms with Crippen molar-refractivity contribution in [3.8, 4) is 5.88 Å². The maximum atomic E-state index is 12.6. The summed E-state index contributed by atoms with van der Waals surface area (Å²) in [5.74, 6) is 0.577. The number of nitrogens with zero attached hydrogens (tertiary/aromatic N) is 4. The van der Waals surface area contributed by atoms with Crippen molar-refractivity contribution in [1.82, 2.24) is 19.8 Å². The predicted molar refractivity (Wildman–Crippen MR) is 95.4 cm³/mol. The van der Waals surface area contributed by atoms with Gasteiger partial charge in [-0.3, -0.25) is 14.7 Å². The standard InChI is InChI=1S/C19H24N4O2/c1-15(2)25-18-7-6-16(13-21-18)19(24)23-11-9-22(10-12-23)14-17-5-3-4-8-20-17/h3-8,13,15H,9-12,14H2,1-2H3. The number of hydrogen-bond donors (Lipinski definition) is 0. The molecule has 0 unspecified atom stereocenters. The molecule has 0 spiro atoms. The first-order valence-corrected chi connectivity index (χ1v) is 8.66. The molecule has 1 fully saturated rings. The van der Waals surface area contributed by atoms with Crippen molar-refractivity contribution in [3.05, 3.63) is 54.0 Å². The Morgan fingerprint density at radius 2 is 1.92 bits per heavy atom. The summed E-state index contributed by atoms with van der Waals surface area (Å²) in [6.45, 7) is 7.86. The van der Waals surface area contributed by atoms with Crippen LogP contribution in [-0.4, -0.2) is 58.0 Å². The van der Waals surface area contributed by atoms with E-state index in [1.165, 1.54) is 0 Å². The highest BCUT2D eigenvalue weighted by Gasteiger charge is 2.22. The van der Waals surface area contributed by atoms with Crippen molar-refractivity contribution in [2.75, 3.05) is 26.2 Å². The Hall–Kier alpha value is -2.47. The smallest absolute Gasteiger partial charge is 0.255 e. The van der Waals surface area contributed by atoms with Crippen LogP contribution in [0.25, 0.3) is 0 Å². The molecular formula is C19H24N4O2. The van der Waals surface area contributed by atoms with Gasteiger partial charge in [0.15, 0.2) is 0 Å². The van der Waals surface area contributed by atoms with E-state index in [2.05, 4.69) is 14.9 Å². The maximum absolute atomic E-state index is 12.6. The molecular weight excluding hydrogens is 316 g/mol. The summed E-state index contributed by atoms with van der Waals surface area (Å²) in [7, 11) is 0. The van der Waals surface area contributed by atoms with Gasteiger partial charge in [-0.2, -0.15) is 0 Å². The topological polar surface area (TPSA) is 58.6 Å². The second kappa shape index (κ2) is 8.07. The second-order valence-corrected chi connectivity index (χ2v) is 6.44. The molecule has 3 heterocycles. The van der Waals surface area contributed by atoms with Crippen LogP contribution in [0.1, 0.15) is 29.9 Å². The number of amides is 1. The minimum absolute atomic E-state index is 0.0288. The van der Waals surface area contributed by atoms with Crippen molar-refractivity contribution in [3.63, 3.8) is 0 Å². The highest BCUT2D eigenvalue weighted by molar-refractivity contribution is 5.94. The van der Waals surface area contributed by atoms with E-state index in [0.717, 1.165) is 38.4 Å². The second-order valence-electron chi connectivity index (χ2n) is 6.44. The molecule has 0 aliphatic carbocycles. The summed E-state index contributed by atoms with van der Waals surface area (Å²) in [6.07, 6.45) is 3.48. The molecule has 6 nitrogen and oxygen atoms in total. The predicted octanol–water partition coefficient (Wildman–Crippen LogP) is 2.22. The van der Waals surface area contributed by atoms with Crippen LogP contribution >= 0.6 is 0 Å². The summed E-state index contributed by atoms with van der Waals surface area (Å²) in [5, 5.41) is 0. The van der Waals surface area contributed by atoms with Crippen LogP contribution in [0.5, 0.6) is 5.88 Å². The highest BCUT2D eigenvalue weighted by atomic mass is 16.5. The lowest BCUT2D eigenvalue weighted by Gasteiger charge is -2.34. The molecule has 0 saturated carbocycles. The Bertz CT molecular complexity index is 680. The van der Waals surface area contributed by atoms with E-state index >= 15 is 0 Å². The third kappa shape index (κ3) is 4.76. The first-order valence-electron chi connectivity index (χ1n) is 8.66. The molecule has 2 aromatic heterocycles. The van der Waals surface area contributed by atoms with Crippen molar-refractivity contribution in [2.24, 2.45) is 0 Å². The van der Waals surface area contributed by atoms with Crippen LogP contribution < -0.4 is 4.74 Å². The minimum Gasteiger partial charge on any atom is -0.475 e. The average Bonchev–Trinajstić information content (AvgIpc) is 2.63. The average molecular weight is 340 g/mol. The molecule has 0 radical (unpaired) electrons. The molecule has 6 heteroatoms. The van der Waals surface area contributed by atoms with Gasteiger partial charge in [-0.1, -0.05) is 6.07 Å². The Labute approximate surface area is 148 Å². The van der Waals surface area contributed by atoms with Gasteiger partial charge >= 0.3 is 0 Å². The van der Waals surface area contributed by atoms with Crippen LogP contribution in [0.3, 0.4) is 0 Å². The zero-order chi connectivity index (χ0) is 17.6. The zero-order valence-electron chi connectivity index (χ0n) is 14.8. The van der Waals surface area contributed by atoms with Crippen molar-refractivity contribution in [1.29, 1.82) is 0 Å². The monoisotopic (exact) mass is 340 g/mol. The van der Waals surface area contributed by atoms with E-state index in [0.29, 0.717) is 11.4 Å². The fraction of sp³-hybridized carbons (Fsp3) is 0.421. The molecule has 1 aliphatic heterocycles. The Kier molecular flexibility index (Phi) is 5.60. The Balaban J connectivity index is 1.52. The van der Waals surface area contributed by atoms with Crippen LogP contribution in [0, 0.1) is 0 Å². The molecule has 0 aromatic carbocycles.